The van der Waals surface area contributed by atoms with Gasteiger partial charge in [0, 0.05) is 43.2 Å². The smallest absolute Gasteiger partial charge is 0.119 e. The lowest BCUT2D eigenvalue weighted by molar-refractivity contribution is 0.0434. The molecular formula is C27H36N4O3S. The minimum Gasteiger partial charge on any atom is -0.497 e. The first-order valence-electron chi connectivity index (χ1n) is 12.3. The average molecular weight is 497 g/mol. The van der Waals surface area contributed by atoms with Crippen LogP contribution in [0.15, 0.2) is 59.9 Å². The largest absolute Gasteiger partial charge is 0.497 e. The van der Waals surface area contributed by atoms with Crippen LogP contribution in [0.25, 0.3) is 10.9 Å². The Bertz CT molecular complexity index is 1060. The Labute approximate surface area is 212 Å². The van der Waals surface area contributed by atoms with E-state index in [1.54, 1.807) is 26.0 Å². The maximum Gasteiger partial charge on any atom is 0.119 e. The summed E-state index contributed by atoms with van der Waals surface area (Å²) in [5.41, 5.74) is 5.30. The monoisotopic (exact) mass is 496 g/mol. The third-order valence-electron chi connectivity index (χ3n) is 6.95. The van der Waals surface area contributed by atoms with Gasteiger partial charge in [0.15, 0.2) is 0 Å². The topological polar surface area (TPSA) is 79.7 Å². The maximum atomic E-state index is 10.2. The van der Waals surface area contributed by atoms with Crippen molar-refractivity contribution in [3.8, 4) is 5.75 Å². The van der Waals surface area contributed by atoms with Gasteiger partial charge in [-0.1, -0.05) is 6.07 Å². The van der Waals surface area contributed by atoms with Gasteiger partial charge in [-0.2, -0.15) is 5.48 Å². The first kappa shape index (κ1) is 25.9. The zero-order valence-electron chi connectivity index (χ0n) is 20.6. The van der Waals surface area contributed by atoms with Gasteiger partial charge in [0.1, 0.15) is 5.75 Å². The molecule has 0 saturated carbocycles. The van der Waals surface area contributed by atoms with Crippen molar-refractivity contribution in [1.29, 1.82) is 0 Å². The summed E-state index contributed by atoms with van der Waals surface area (Å²) >= 11 is 1.79. The first-order chi connectivity index (χ1) is 17.2. The molecule has 1 fully saturated rings. The number of pyridine rings is 2. The summed E-state index contributed by atoms with van der Waals surface area (Å²) in [4.78, 5) is 16.8. The first-order valence-corrected chi connectivity index (χ1v) is 13.3. The van der Waals surface area contributed by atoms with Gasteiger partial charge in [0.05, 0.1) is 30.8 Å². The van der Waals surface area contributed by atoms with Gasteiger partial charge in [-0.15, -0.1) is 11.8 Å². The maximum absolute atomic E-state index is 10.2. The lowest BCUT2D eigenvalue weighted by Gasteiger charge is -2.38. The summed E-state index contributed by atoms with van der Waals surface area (Å²) in [6.45, 7) is 3.26. The molecular weight excluding hydrogens is 460 g/mol. The number of aliphatic hydroxyl groups excluding tert-OH is 1. The second kappa shape index (κ2) is 13.2. The van der Waals surface area contributed by atoms with E-state index in [1.807, 2.05) is 42.7 Å². The molecule has 3 atom stereocenters. The highest BCUT2D eigenvalue weighted by Crippen LogP contribution is 2.33. The van der Waals surface area contributed by atoms with Crippen LogP contribution in [0.5, 0.6) is 5.75 Å². The average Bonchev–Trinajstić information content (AvgIpc) is 2.91. The van der Waals surface area contributed by atoms with Crippen LogP contribution < -0.4 is 10.2 Å². The molecule has 4 rings (SSSR count). The molecule has 35 heavy (non-hydrogen) atoms. The molecule has 3 aromatic rings. The van der Waals surface area contributed by atoms with E-state index in [0.29, 0.717) is 11.8 Å². The van der Waals surface area contributed by atoms with Crippen LogP contribution in [0, 0.1) is 11.8 Å². The molecule has 8 heteroatoms. The van der Waals surface area contributed by atoms with Crippen molar-refractivity contribution in [2.45, 2.75) is 30.3 Å². The fourth-order valence-electron chi connectivity index (χ4n) is 5.04. The molecule has 2 aromatic heterocycles. The lowest BCUT2D eigenvalue weighted by Crippen LogP contribution is -2.43. The zero-order chi connectivity index (χ0) is 24.5. The van der Waals surface area contributed by atoms with Gasteiger partial charge in [-0.3, -0.25) is 4.98 Å². The Balaban J connectivity index is 1.35. The molecule has 0 amide bonds. The fourth-order valence-corrected chi connectivity index (χ4v) is 5.90. The number of hydrogen-bond donors (Lipinski definition) is 2. The number of aromatic nitrogens is 2. The van der Waals surface area contributed by atoms with Crippen molar-refractivity contribution >= 4 is 22.7 Å². The van der Waals surface area contributed by atoms with E-state index in [-0.39, 0.29) is 12.6 Å². The van der Waals surface area contributed by atoms with Crippen LogP contribution in [-0.2, 0) is 4.84 Å². The Hall–Kier alpha value is -2.23. The van der Waals surface area contributed by atoms with Crippen molar-refractivity contribution in [3.05, 3.63) is 60.4 Å². The van der Waals surface area contributed by atoms with Gasteiger partial charge in [0.25, 0.3) is 0 Å². The third kappa shape index (κ3) is 6.92. The number of hydroxylamine groups is 1. The number of thioether (sulfide) groups is 1. The SMILES string of the molecule is CON[C@H](CC[C@@H]1CCN(CCSc2ccccn2)C[C@@H]1CO)c1ccnc2ccc(OC)cc12. The molecule has 3 heterocycles. The summed E-state index contributed by atoms with van der Waals surface area (Å²) in [6, 6.07) is 14.1. The van der Waals surface area contributed by atoms with Crippen molar-refractivity contribution in [3.63, 3.8) is 0 Å². The van der Waals surface area contributed by atoms with E-state index >= 15 is 0 Å². The minimum absolute atomic E-state index is 0.0322. The normalized spacial score (nSPS) is 19.6. The summed E-state index contributed by atoms with van der Waals surface area (Å²) in [6.07, 6.45) is 6.74. The van der Waals surface area contributed by atoms with Gasteiger partial charge < -0.3 is 19.6 Å². The Kier molecular flexibility index (Phi) is 9.74. The number of hydrogen-bond acceptors (Lipinski definition) is 8. The van der Waals surface area contributed by atoms with E-state index in [9.17, 15) is 5.11 Å². The Morgan fingerprint density at radius 3 is 2.83 bits per heavy atom. The second-order valence-corrected chi connectivity index (χ2v) is 10.2. The second-order valence-electron chi connectivity index (χ2n) is 9.04. The highest BCUT2D eigenvalue weighted by Gasteiger charge is 2.29. The molecule has 7 nitrogen and oxygen atoms in total. The summed E-state index contributed by atoms with van der Waals surface area (Å²) in [5.74, 6) is 2.61. The molecule has 1 aromatic carbocycles. The summed E-state index contributed by atoms with van der Waals surface area (Å²) in [5, 5.41) is 12.3. The van der Waals surface area contributed by atoms with E-state index in [1.165, 1.54) is 0 Å². The van der Waals surface area contributed by atoms with E-state index < -0.39 is 0 Å². The van der Waals surface area contributed by atoms with Gasteiger partial charge >= 0.3 is 0 Å². The van der Waals surface area contributed by atoms with E-state index in [4.69, 9.17) is 9.57 Å². The van der Waals surface area contributed by atoms with Crippen LogP contribution in [0.2, 0.25) is 0 Å². The lowest BCUT2D eigenvalue weighted by atomic mass is 9.81. The fraction of sp³-hybridized carbons (Fsp3) is 0.481. The molecule has 1 aliphatic rings. The van der Waals surface area contributed by atoms with Gasteiger partial charge in [-0.05, 0) is 79.6 Å². The third-order valence-corrected chi connectivity index (χ3v) is 7.87. The minimum atomic E-state index is 0.0322. The van der Waals surface area contributed by atoms with Crippen molar-refractivity contribution in [2.75, 3.05) is 46.2 Å². The van der Waals surface area contributed by atoms with E-state index in [2.05, 4.69) is 32.5 Å². The Morgan fingerprint density at radius 1 is 1.14 bits per heavy atom. The van der Waals surface area contributed by atoms with Crippen LogP contribution in [0.1, 0.15) is 30.9 Å². The predicted molar refractivity (Wildman–Crippen MR) is 140 cm³/mol. The van der Waals surface area contributed by atoms with Crippen molar-refractivity contribution in [1.82, 2.24) is 20.3 Å². The number of piperidine rings is 1. The molecule has 0 aliphatic carbocycles. The van der Waals surface area contributed by atoms with Crippen LogP contribution in [0.3, 0.4) is 0 Å². The Morgan fingerprint density at radius 2 is 2.06 bits per heavy atom. The number of rotatable bonds is 12. The number of ether oxygens (including phenoxy) is 1. The number of fused-ring (bicyclic) bond motifs is 1. The number of likely N-dealkylation sites (tertiary alicyclic amines) is 1. The van der Waals surface area contributed by atoms with Gasteiger partial charge in [0.2, 0.25) is 0 Å². The highest BCUT2D eigenvalue weighted by molar-refractivity contribution is 7.99. The number of methoxy groups -OCH3 is 1. The van der Waals surface area contributed by atoms with Crippen molar-refractivity contribution < 1.29 is 14.7 Å². The predicted octanol–water partition coefficient (Wildman–Crippen LogP) is 4.33. The molecule has 0 spiro atoms. The standard InChI is InChI=1S/C27H36N4O3S/c1-33-22-7-9-25-24(17-22)23(10-13-28-25)26(30-34-2)8-6-20-11-14-31(18-21(20)19-32)15-16-35-27-5-3-4-12-29-27/h3-5,7,9-10,12-13,17,20-21,26,30,32H,6,8,11,14-16,18-19H2,1-2H3/t20-,21-,26-/m1/s1. The van der Waals surface area contributed by atoms with Crippen LogP contribution in [0.4, 0.5) is 0 Å². The van der Waals surface area contributed by atoms with Crippen LogP contribution in [-0.4, -0.2) is 66.2 Å². The number of nitrogens with one attached hydrogen (secondary N) is 1. The molecule has 0 radical (unpaired) electrons. The highest BCUT2D eigenvalue weighted by atomic mass is 32.2. The number of nitrogens with zero attached hydrogens (tertiary/aromatic N) is 3. The van der Waals surface area contributed by atoms with Gasteiger partial charge in [-0.25, -0.2) is 4.98 Å². The molecule has 1 saturated heterocycles. The van der Waals surface area contributed by atoms with Crippen molar-refractivity contribution in [2.24, 2.45) is 11.8 Å². The van der Waals surface area contributed by atoms with Crippen LogP contribution >= 0.6 is 11.8 Å². The molecule has 0 unspecified atom stereocenters. The summed E-state index contributed by atoms with van der Waals surface area (Å²) in [7, 11) is 3.34. The number of benzene rings is 1. The molecule has 0 bridgehead atoms. The van der Waals surface area contributed by atoms with E-state index in [0.717, 1.165) is 71.9 Å². The quantitative estimate of drug-likeness (QED) is 0.283. The summed E-state index contributed by atoms with van der Waals surface area (Å²) < 4.78 is 5.45. The molecule has 188 valence electrons. The molecule has 1 aliphatic heterocycles. The molecule has 2 N–H and O–H groups in total. The number of aliphatic hydroxyl groups is 1. The zero-order valence-corrected chi connectivity index (χ0v) is 21.4.